The molecule has 1 aliphatic rings. The molecule has 1 aromatic heterocycles. The SMILES string of the molecule is O=C(NOC1CCCNC1)c1cccs1. The van der Waals surface area contributed by atoms with Gasteiger partial charge in [-0.25, -0.2) is 5.48 Å². The fourth-order valence-electron chi connectivity index (χ4n) is 1.52. The summed E-state index contributed by atoms with van der Waals surface area (Å²) in [6.07, 6.45) is 2.19. The molecule has 0 aliphatic carbocycles. The number of carbonyl (C=O) groups excluding carboxylic acids is 1. The minimum atomic E-state index is -0.157. The maximum absolute atomic E-state index is 11.5. The van der Waals surface area contributed by atoms with Crippen LogP contribution in [0.3, 0.4) is 0 Å². The van der Waals surface area contributed by atoms with Crippen molar-refractivity contribution < 1.29 is 9.63 Å². The van der Waals surface area contributed by atoms with Crippen LogP contribution in [0.15, 0.2) is 17.5 Å². The summed E-state index contributed by atoms with van der Waals surface area (Å²) in [6.45, 7) is 1.85. The van der Waals surface area contributed by atoms with E-state index < -0.39 is 0 Å². The van der Waals surface area contributed by atoms with Crippen LogP contribution in [-0.2, 0) is 4.84 Å². The van der Waals surface area contributed by atoms with Crippen molar-refractivity contribution in [3.05, 3.63) is 22.4 Å². The van der Waals surface area contributed by atoms with Crippen LogP contribution in [0.1, 0.15) is 22.5 Å². The molecule has 0 spiro atoms. The van der Waals surface area contributed by atoms with Gasteiger partial charge in [-0.2, -0.15) is 0 Å². The normalized spacial score (nSPS) is 21.2. The molecule has 2 rings (SSSR count). The summed E-state index contributed by atoms with van der Waals surface area (Å²) in [4.78, 5) is 17.5. The number of rotatable bonds is 3. The van der Waals surface area contributed by atoms with Crippen molar-refractivity contribution in [1.82, 2.24) is 10.8 Å². The van der Waals surface area contributed by atoms with Crippen molar-refractivity contribution in [2.45, 2.75) is 18.9 Å². The number of carbonyl (C=O) groups is 1. The summed E-state index contributed by atoms with van der Waals surface area (Å²) in [5.74, 6) is -0.157. The van der Waals surface area contributed by atoms with Gasteiger partial charge in [-0.1, -0.05) is 6.07 Å². The first-order valence-corrected chi connectivity index (χ1v) is 5.94. The van der Waals surface area contributed by atoms with Gasteiger partial charge < -0.3 is 5.32 Å². The van der Waals surface area contributed by atoms with E-state index in [1.165, 1.54) is 11.3 Å². The van der Waals surface area contributed by atoms with Crippen molar-refractivity contribution in [1.29, 1.82) is 0 Å². The fraction of sp³-hybridized carbons (Fsp3) is 0.500. The molecule has 1 unspecified atom stereocenters. The summed E-state index contributed by atoms with van der Waals surface area (Å²) in [6, 6.07) is 3.63. The van der Waals surface area contributed by atoms with Crippen molar-refractivity contribution in [2.75, 3.05) is 13.1 Å². The van der Waals surface area contributed by atoms with Crippen LogP contribution in [-0.4, -0.2) is 25.1 Å². The fourth-order valence-corrected chi connectivity index (χ4v) is 2.12. The number of hydrogen-bond acceptors (Lipinski definition) is 4. The molecule has 2 heterocycles. The first-order chi connectivity index (χ1) is 7.36. The largest absolute Gasteiger partial charge is 0.314 e. The molecule has 1 amide bonds. The Morgan fingerprint density at radius 2 is 2.60 bits per heavy atom. The van der Waals surface area contributed by atoms with Crippen molar-refractivity contribution in [2.24, 2.45) is 0 Å². The molecule has 1 atom stereocenters. The van der Waals surface area contributed by atoms with Crippen LogP contribution in [0.25, 0.3) is 0 Å². The van der Waals surface area contributed by atoms with Gasteiger partial charge in [0.15, 0.2) is 0 Å². The van der Waals surface area contributed by atoms with Gasteiger partial charge in [0.2, 0.25) is 0 Å². The zero-order valence-electron chi connectivity index (χ0n) is 8.36. The smallest absolute Gasteiger partial charge is 0.284 e. The highest BCUT2D eigenvalue weighted by Gasteiger charge is 2.15. The predicted molar refractivity (Wildman–Crippen MR) is 58.8 cm³/mol. The second-order valence-electron chi connectivity index (χ2n) is 3.49. The summed E-state index contributed by atoms with van der Waals surface area (Å²) < 4.78 is 0. The molecule has 82 valence electrons. The van der Waals surface area contributed by atoms with Crippen molar-refractivity contribution in [3.8, 4) is 0 Å². The lowest BCUT2D eigenvalue weighted by molar-refractivity contribution is -0.0248. The summed E-state index contributed by atoms with van der Waals surface area (Å²) in [7, 11) is 0. The number of nitrogens with one attached hydrogen (secondary N) is 2. The van der Waals surface area contributed by atoms with Gasteiger partial charge in [0.05, 0.1) is 11.0 Å². The van der Waals surface area contributed by atoms with Crippen LogP contribution in [0, 0.1) is 0 Å². The van der Waals surface area contributed by atoms with E-state index in [-0.39, 0.29) is 12.0 Å². The molecule has 1 fully saturated rings. The minimum Gasteiger partial charge on any atom is -0.314 e. The van der Waals surface area contributed by atoms with Crippen LogP contribution >= 0.6 is 11.3 Å². The highest BCUT2D eigenvalue weighted by Crippen LogP contribution is 2.09. The van der Waals surface area contributed by atoms with Gasteiger partial charge in [-0.3, -0.25) is 9.63 Å². The molecule has 0 aromatic carbocycles. The van der Waals surface area contributed by atoms with Gasteiger partial charge in [-0.15, -0.1) is 11.3 Å². The molecule has 1 saturated heterocycles. The lowest BCUT2D eigenvalue weighted by atomic mass is 10.1. The zero-order valence-corrected chi connectivity index (χ0v) is 9.18. The van der Waals surface area contributed by atoms with E-state index in [4.69, 9.17) is 4.84 Å². The number of thiophene rings is 1. The topological polar surface area (TPSA) is 50.4 Å². The Bertz CT molecular complexity index is 307. The molecule has 2 N–H and O–H groups in total. The molecule has 5 heteroatoms. The van der Waals surface area contributed by atoms with E-state index in [1.54, 1.807) is 6.07 Å². The summed E-state index contributed by atoms with van der Waals surface area (Å²) in [5.41, 5.74) is 2.49. The molecular weight excluding hydrogens is 212 g/mol. The van der Waals surface area contributed by atoms with Crippen LogP contribution in [0.5, 0.6) is 0 Å². The molecule has 4 nitrogen and oxygen atoms in total. The monoisotopic (exact) mass is 226 g/mol. The van der Waals surface area contributed by atoms with E-state index in [0.717, 1.165) is 25.9 Å². The first kappa shape index (κ1) is 10.6. The molecule has 0 bridgehead atoms. The predicted octanol–water partition coefficient (Wildman–Crippen LogP) is 1.16. The maximum atomic E-state index is 11.5. The highest BCUT2D eigenvalue weighted by molar-refractivity contribution is 7.12. The highest BCUT2D eigenvalue weighted by atomic mass is 32.1. The van der Waals surface area contributed by atoms with Gasteiger partial charge in [0.1, 0.15) is 0 Å². The average molecular weight is 226 g/mol. The lowest BCUT2D eigenvalue weighted by Crippen LogP contribution is -2.39. The van der Waals surface area contributed by atoms with Crippen LogP contribution in [0.4, 0.5) is 0 Å². The van der Waals surface area contributed by atoms with Crippen molar-refractivity contribution >= 4 is 17.2 Å². The summed E-state index contributed by atoms with van der Waals surface area (Å²) in [5, 5.41) is 5.09. The summed E-state index contributed by atoms with van der Waals surface area (Å²) >= 11 is 1.41. The molecule has 0 saturated carbocycles. The van der Waals surface area contributed by atoms with E-state index in [0.29, 0.717) is 4.88 Å². The maximum Gasteiger partial charge on any atom is 0.284 e. The third kappa shape index (κ3) is 3.02. The Balaban J connectivity index is 1.75. The Morgan fingerprint density at radius 3 is 3.27 bits per heavy atom. The van der Waals surface area contributed by atoms with Gasteiger partial charge >= 0.3 is 0 Å². The molecular formula is C10H14N2O2S. The number of piperidine rings is 1. The Kier molecular flexibility index (Phi) is 3.71. The van der Waals surface area contributed by atoms with Crippen molar-refractivity contribution in [3.63, 3.8) is 0 Å². The Morgan fingerprint density at radius 1 is 1.67 bits per heavy atom. The zero-order chi connectivity index (χ0) is 10.5. The number of hydrogen-bond donors (Lipinski definition) is 2. The first-order valence-electron chi connectivity index (χ1n) is 5.06. The third-order valence-electron chi connectivity index (χ3n) is 2.31. The quantitative estimate of drug-likeness (QED) is 0.760. The van der Waals surface area contributed by atoms with Gasteiger partial charge in [0, 0.05) is 6.54 Å². The minimum absolute atomic E-state index is 0.0997. The molecule has 1 aromatic rings. The lowest BCUT2D eigenvalue weighted by Gasteiger charge is -2.22. The molecule has 1 aliphatic heterocycles. The standard InChI is InChI=1S/C10H14N2O2S/c13-10(9-4-2-6-15-9)12-14-8-3-1-5-11-7-8/h2,4,6,8,11H,1,3,5,7H2,(H,12,13). The van der Waals surface area contributed by atoms with Gasteiger partial charge in [0.25, 0.3) is 5.91 Å². The second kappa shape index (κ2) is 5.25. The van der Waals surface area contributed by atoms with Gasteiger partial charge in [-0.05, 0) is 30.8 Å². The van der Waals surface area contributed by atoms with Crippen LogP contribution in [0.2, 0.25) is 0 Å². The molecule has 0 radical (unpaired) electrons. The molecule has 15 heavy (non-hydrogen) atoms. The number of hydroxylamine groups is 1. The third-order valence-corrected chi connectivity index (χ3v) is 3.18. The number of amides is 1. The van der Waals surface area contributed by atoms with Crippen LogP contribution < -0.4 is 10.8 Å². The van der Waals surface area contributed by atoms with E-state index >= 15 is 0 Å². The van der Waals surface area contributed by atoms with E-state index in [9.17, 15) is 4.79 Å². The Labute approximate surface area is 92.6 Å². The van der Waals surface area contributed by atoms with E-state index in [1.807, 2.05) is 11.4 Å². The average Bonchev–Trinajstić information content (AvgIpc) is 2.81. The Hall–Kier alpha value is -0.910. The van der Waals surface area contributed by atoms with E-state index in [2.05, 4.69) is 10.8 Å². The second-order valence-corrected chi connectivity index (χ2v) is 4.44.